The van der Waals surface area contributed by atoms with Gasteiger partial charge in [-0.05, 0) is 12.8 Å². The van der Waals surface area contributed by atoms with E-state index in [-0.39, 0.29) is 19.0 Å². The maximum atomic E-state index is 11.9. The molecule has 2 aromatic rings. The first-order valence-electron chi connectivity index (χ1n) is 10.5. The molecule has 2 heterocycles. The minimum absolute atomic E-state index is 0.0981. The lowest BCUT2D eigenvalue weighted by Gasteiger charge is -2.15. The number of nitrogens with one attached hydrogen (secondary N) is 3. The van der Waals surface area contributed by atoms with E-state index in [1.54, 1.807) is 13.4 Å². The summed E-state index contributed by atoms with van der Waals surface area (Å²) in [6.45, 7) is 2.18. The van der Waals surface area contributed by atoms with Crippen LogP contribution in [0, 0.1) is 0 Å². The Kier molecular flexibility index (Phi) is 10.1. The number of guanidine groups is 1. The van der Waals surface area contributed by atoms with E-state index in [9.17, 15) is 14.7 Å². The number of aliphatic carboxylic acids is 1. The molecule has 0 saturated carbocycles. The highest BCUT2D eigenvalue weighted by atomic mass is 16.5. The normalized spacial score (nSPS) is 12.4. The fourth-order valence-electron chi connectivity index (χ4n) is 2.94. The molecule has 182 valence electrons. The van der Waals surface area contributed by atoms with Gasteiger partial charge >= 0.3 is 12.1 Å². The number of nitrogens with two attached hydrogens (primary N) is 1. The standard InChI is InChI=1S/C19H32N10O4/c1-21-18(20)23-6-4-5-13(17(30)31)27-19(32)33-10-8-22-7-9-29-12-26-14-15(28(2)3)24-11-25-16(14)29/h11-13,22H,4-10H2,1-3H3,(H,27,32)(H,30,31)(H3,20,21,23). The van der Waals surface area contributed by atoms with Gasteiger partial charge in [-0.1, -0.05) is 0 Å². The summed E-state index contributed by atoms with van der Waals surface area (Å²) in [5.74, 6) is -0.105. The number of alkyl carbamates (subject to hydrolysis) is 1. The van der Waals surface area contributed by atoms with Crippen LogP contribution in [0.4, 0.5) is 10.6 Å². The number of aromatic nitrogens is 4. The van der Waals surface area contributed by atoms with Gasteiger partial charge in [0.1, 0.15) is 19.0 Å². The minimum Gasteiger partial charge on any atom is -0.480 e. The third-order valence-corrected chi connectivity index (χ3v) is 4.65. The van der Waals surface area contributed by atoms with Crippen LogP contribution in [0.1, 0.15) is 12.8 Å². The zero-order valence-corrected chi connectivity index (χ0v) is 19.1. The van der Waals surface area contributed by atoms with Crippen molar-refractivity contribution in [2.75, 3.05) is 52.3 Å². The quantitative estimate of drug-likeness (QED) is 0.139. The summed E-state index contributed by atoms with van der Waals surface area (Å²) in [5, 5.41) is 17.6. The lowest BCUT2D eigenvalue weighted by molar-refractivity contribution is -0.139. The lowest BCUT2D eigenvalue weighted by Crippen LogP contribution is -2.42. The van der Waals surface area contributed by atoms with Gasteiger partial charge in [0.25, 0.3) is 0 Å². The third-order valence-electron chi connectivity index (χ3n) is 4.65. The van der Waals surface area contributed by atoms with Gasteiger partial charge in [-0.25, -0.2) is 24.5 Å². The summed E-state index contributed by atoms with van der Waals surface area (Å²) in [4.78, 5) is 41.8. The van der Waals surface area contributed by atoms with Crippen molar-refractivity contribution in [3.63, 3.8) is 0 Å². The maximum absolute atomic E-state index is 11.9. The highest BCUT2D eigenvalue weighted by Gasteiger charge is 2.20. The van der Waals surface area contributed by atoms with Crippen molar-refractivity contribution in [1.29, 1.82) is 0 Å². The van der Waals surface area contributed by atoms with Crippen molar-refractivity contribution in [3.05, 3.63) is 12.7 Å². The van der Waals surface area contributed by atoms with Crippen LogP contribution in [0.5, 0.6) is 0 Å². The van der Waals surface area contributed by atoms with Crippen molar-refractivity contribution < 1.29 is 19.4 Å². The van der Waals surface area contributed by atoms with Gasteiger partial charge in [0.05, 0.1) is 6.33 Å². The van der Waals surface area contributed by atoms with Gasteiger partial charge in [-0.3, -0.25) is 4.99 Å². The Labute approximate surface area is 191 Å². The number of aliphatic imine (C=N–C) groups is 1. The molecule has 2 rings (SSSR count). The number of carbonyl (C=O) groups is 2. The predicted octanol–water partition coefficient (Wildman–Crippen LogP) is -1.02. The Morgan fingerprint density at radius 2 is 2.06 bits per heavy atom. The number of anilines is 1. The van der Waals surface area contributed by atoms with Crippen LogP contribution in [0.15, 0.2) is 17.6 Å². The van der Waals surface area contributed by atoms with Crippen molar-refractivity contribution in [3.8, 4) is 0 Å². The lowest BCUT2D eigenvalue weighted by atomic mass is 10.1. The van der Waals surface area contributed by atoms with E-state index in [0.717, 1.165) is 17.0 Å². The monoisotopic (exact) mass is 464 g/mol. The summed E-state index contributed by atoms with van der Waals surface area (Å²) >= 11 is 0. The Bertz CT molecular complexity index is 946. The van der Waals surface area contributed by atoms with Crippen LogP contribution in [0.2, 0.25) is 0 Å². The zero-order valence-electron chi connectivity index (χ0n) is 19.1. The molecule has 0 saturated heterocycles. The first-order valence-corrected chi connectivity index (χ1v) is 10.5. The van der Waals surface area contributed by atoms with Gasteiger partial charge < -0.3 is 41.0 Å². The molecule has 0 aliphatic carbocycles. The van der Waals surface area contributed by atoms with Gasteiger partial charge in [0.2, 0.25) is 0 Å². The number of carboxylic acid groups (broad SMARTS) is 1. The van der Waals surface area contributed by atoms with E-state index in [1.165, 1.54) is 6.33 Å². The molecular formula is C19H32N10O4. The van der Waals surface area contributed by atoms with Crippen molar-refractivity contribution in [2.45, 2.75) is 25.4 Å². The molecule has 0 aliphatic heterocycles. The first kappa shape index (κ1) is 25.6. The summed E-state index contributed by atoms with van der Waals surface area (Å²) in [6.07, 6.45) is 3.15. The molecule has 6 N–H and O–H groups in total. The molecule has 0 aromatic carbocycles. The SMILES string of the molecule is CN=C(N)NCCCC(NC(=O)OCCNCCn1cnc2c(N(C)C)ncnc21)C(=O)O. The molecule has 1 atom stereocenters. The van der Waals surface area contributed by atoms with Crippen LogP contribution >= 0.6 is 0 Å². The highest BCUT2D eigenvalue weighted by molar-refractivity contribution is 5.83. The molecule has 1 unspecified atom stereocenters. The second-order valence-electron chi connectivity index (χ2n) is 7.30. The predicted molar refractivity (Wildman–Crippen MR) is 123 cm³/mol. The highest BCUT2D eigenvalue weighted by Crippen LogP contribution is 2.18. The van der Waals surface area contributed by atoms with Crippen LogP contribution in [-0.2, 0) is 16.1 Å². The number of nitrogens with zero attached hydrogens (tertiary/aromatic N) is 6. The van der Waals surface area contributed by atoms with Gasteiger partial charge in [0.15, 0.2) is 22.9 Å². The first-order chi connectivity index (χ1) is 15.8. The Hall–Kier alpha value is -3.68. The molecule has 2 aromatic heterocycles. The van der Waals surface area contributed by atoms with Crippen LogP contribution in [0.3, 0.4) is 0 Å². The third kappa shape index (κ3) is 8.07. The fourth-order valence-corrected chi connectivity index (χ4v) is 2.94. The van der Waals surface area contributed by atoms with Gasteiger partial charge in [-0.2, -0.15) is 0 Å². The van der Waals surface area contributed by atoms with E-state index in [2.05, 4.69) is 35.9 Å². The van der Waals surface area contributed by atoms with Crippen molar-refractivity contribution >= 4 is 35.0 Å². The van der Waals surface area contributed by atoms with Gasteiger partial charge in [0, 0.05) is 47.3 Å². The number of ether oxygens (including phenoxy) is 1. The minimum atomic E-state index is -1.13. The second kappa shape index (κ2) is 13.0. The number of fused-ring (bicyclic) bond motifs is 1. The van der Waals surface area contributed by atoms with E-state index in [4.69, 9.17) is 10.5 Å². The molecule has 0 bridgehead atoms. The van der Waals surface area contributed by atoms with Crippen molar-refractivity contribution in [2.24, 2.45) is 10.7 Å². The van der Waals surface area contributed by atoms with Crippen LogP contribution < -0.4 is 26.6 Å². The molecule has 1 amide bonds. The topological polar surface area (TPSA) is 185 Å². The Morgan fingerprint density at radius 3 is 2.76 bits per heavy atom. The maximum Gasteiger partial charge on any atom is 0.407 e. The number of hydrogen-bond acceptors (Lipinski definition) is 9. The number of imidazole rings is 1. The molecular weight excluding hydrogens is 432 g/mol. The molecule has 14 nitrogen and oxygen atoms in total. The summed E-state index contributed by atoms with van der Waals surface area (Å²) in [6, 6.07) is -1.05. The molecule has 14 heteroatoms. The molecule has 0 radical (unpaired) electrons. The zero-order chi connectivity index (χ0) is 24.2. The summed E-state index contributed by atoms with van der Waals surface area (Å²) < 4.78 is 6.97. The molecule has 0 spiro atoms. The summed E-state index contributed by atoms with van der Waals surface area (Å²) in [5.41, 5.74) is 6.97. The number of amides is 1. The molecule has 33 heavy (non-hydrogen) atoms. The number of carboxylic acids is 1. The fraction of sp³-hybridized carbons (Fsp3) is 0.579. The number of carbonyl (C=O) groups excluding carboxylic acids is 1. The van der Waals surface area contributed by atoms with E-state index < -0.39 is 18.1 Å². The molecule has 0 aliphatic rings. The average Bonchev–Trinajstić information content (AvgIpc) is 3.20. The smallest absolute Gasteiger partial charge is 0.407 e. The van der Waals surface area contributed by atoms with Crippen LogP contribution in [-0.4, -0.2) is 96.1 Å². The van der Waals surface area contributed by atoms with Gasteiger partial charge in [-0.15, -0.1) is 0 Å². The van der Waals surface area contributed by atoms with E-state index in [0.29, 0.717) is 32.6 Å². The number of hydrogen-bond donors (Lipinski definition) is 5. The number of rotatable bonds is 13. The van der Waals surface area contributed by atoms with Crippen molar-refractivity contribution in [1.82, 2.24) is 35.5 Å². The van der Waals surface area contributed by atoms with E-state index >= 15 is 0 Å². The summed E-state index contributed by atoms with van der Waals surface area (Å²) in [7, 11) is 5.34. The van der Waals surface area contributed by atoms with E-state index in [1.807, 2.05) is 23.6 Å². The van der Waals surface area contributed by atoms with Crippen LogP contribution in [0.25, 0.3) is 11.2 Å². The Morgan fingerprint density at radius 1 is 1.27 bits per heavy atom. The average molecular weight is 465 g/mol. The Balaban J connectivity index is 1.66. The molecule has 0 fully saturated rings. The largest absolute Gasteiger partial charge is 0.480 e. The second-order valence-corrected chi connectivity index (χ2v) is 7.30.